The molecule has 1 amide bonds. The smallest absolute Gasteiger partial charge is 0.292 e. The molecule has 0 saturated carbocycles. The van der Waals surface area contributed by atoms with Gasteiger partial charge in [-0.3, -0.25) is 9.79 Å². The van der Waals surface area contributed by atoms with E-state index in [0.29, 0.717) is 172 Å². The van der Waals surface area contributed by atoms with E-state index in [4.69, 9.17) is 58.9 Å². The molecule has 1 aliphatic rings. The molecule has 5 aromatic rings. The first kappa shape index (κ1) is 45.4. The van der Waals surface area contributed by atoms with Crippen molar-refractivity contribution in [3.8, 4) is 11.3 Å². The zero-order valence-electron chi connectivity index (χ0n) is 34.7. The van der Waals surface area contributed by atoms with Gasteiger partial charge in [0.15, 0.2) is 11.2 Å². The number of hydrogen-bond donors (Lipinski definition) is 2. The van der Waals surface area contributed by atoms with Gasteiger partial charge in [-0.05, 0) is 48.0 Å². The van der Waals surface area contributed by atoms with Crippen LogP contribution in [0.4, 0.5) is 11.8 Å². The third kappa shape index (κ3) is 14.2. The van der Waals surface area contributed by atoms with E-state index in [1.807, 2.05) is 27.8 Å². The highest BCUT2D eigenvalue weighted by atomic mass is 16.6. The summed E-state index contributed by atoms with van der Waals surface area (Å²) in [5.74, 6) is 0.408. The number of carbonyl (C=O) groups is 1. The highest BCUT2D eigenvalue weighted by Gasteiger charge is 2.22. The summed E-state index contributed by atoms with van der Waals surface area (Å²) in [5, 5.41) is 5.59. The minimum absolute atomic E-state index is 0.0687. The summed E-state index contributed by atoms with van der Waals surface area (Å²) < 4.78 is 51.2. The van der Waals surface area contributed by atoms with Crippen LogP contribution in [-0.4, -0.2) is 161 Å². The minimum Gasteiger partial charge on any atom is -0.424 e. The van der Waals surface area contributed by atoms with Crippen LogP contribution in [0, 0.1) is 0 Å². The van der Waals surface area contributed by atoms with Gasteiger partial charge in [-0.25, -0.2) is 14.6 Å². The van der Waals surface area contributed by atoms with E-state index in [9.17, 15) is 4.79 Å². The summed E-state index contributed by atoms with van der Waals surface area (Å²) in [5.41, 5.74) is 18.8. The molecule has 19 nitrogen and oxygen atoms in total. The largest absolute Gasteiger partial charge is 0.424 e. The fraction of sp³-hybridized carbons (Fsp3) is 0.524. The van der Waals surface area contributed by atoms with E-state index in [2.05, 4.69) is 44.9 Å². The number of rotatable bonds is 30. The van der Waals surface area contributed by atoms with Crippen molar-refractivity contribution in [2.45, 2.75) is 25.9 Å². The second-order valence-electron chi connectivity index (χ2n) is 14.0. The molecule has 0 atom stereocenters. The molecule has 3 aromatic heterocycles. The maximum Gasteiger partial charge on any atom is 0.292 e. The first-order chi connectivity index (χ1) is 30.0. The van der Waals surface area contributed by atoms with E-state index >= 15 is 0 Å². The summed E-state index contributed by atoms with van der Waals surface area (Å²) in [6.07, 6.45) is 2.51. The standard InChI is InChI=1S/C42H57N9O10/c1-45-8-11-54-13-15-56-17-19-58-21-23-60-25-24-59-22-20-57-18-16-55-14-12-53-10-7-37(52)50-9-6-32-26-31(2-3-34(32)29-50)28-51-41-38(40(43)46-30-47-41)39(49-51)33-4-5-36-35(27-33)48-42(44)61-36/h2-5,26-27,30H,1,6-25,28-29H2,(H2,44,48)(H2,43,46,47). The number of nitrogens with two attached hydrogens (primary N) is 2. The average Bonchev–Trinajstić information content (AvgIpc) is 3.84. The van der Waals surface area contributed by atoms with Gasteiger partial charge in [0.1, 0.15) is 23.4 Å². The number of ether oxygens (including phenoxy) is 8. The molecule has 330 valence electrons. The van der Waals surface area contributed by atoms with Crippen molar-refractivity contribution in [3.63, 3.8) is 0 Å². The predicted octanol–water partition coefficient (Wildman–Crippen LogP) is 2.96. The van der Waals surface area contributed by atoms with Gasteiger partial charge in [-0.2, -0.15) is 10.1 Å². The molecule has 0 fully saturated rings. The van der Waals surface area contributed by atoms with Crippen LogP contribution in [0.25, 0.3) is 33.4 Å². The third-order valence-corrected chi connectivity index (χ3v) is 9.66. The van der Waals surface area contributed by atoms with Crippen LogP contribution >= 0.6 is 0 Å². The molecule has 2 aromatic carbocycles. The molecule has 0 aliphatic carbocycles. The Balaban J connectivity index is 0.778. The fourth-order valence-corrected chi connectivity index (χ4v) is 6.61. The number of benzene rings is 2. The van der Waals surface area contributed by atoms with E-state index < -0.39 is 0 Å². The molecular formula is C42H57N9O10. The molecule has 0 unspecified atom stereocenters. The van der Waals surface area contributed by atoms with Gasteiger partial charge in [0.25, 0.3) is 6.01 Å². The Bertz CT molecular complexity index is 2110. The number of fused-ring (bicyclic) bond motifs is 3. The van der Waals surface area contributed by atoms with Crippen LogP contribution in [0.5, 0.6) is 0 Å². The number of carbonyl (C=O) groups excluding carboxylic acids is 1. The lowest BCUT2D eigenvalue weighted by Gasteiger charge is -2.29. The molecular weight excluding hydrogens is 791 g/mol. The summed E-state index contributed by atoms with van der Waals surface area (Å²) in [6.45, 7) is 13.3. The molecule has 1 aliphatic heterocycles. The maximum absolute atomic E-state index is 13.0. The van der Waals surface area contributed by atoms with Crippen molar-refractivity contribution in [3.05, 3.63) is 59.4 Å². The quantitative estimate of drug-likeness (QED) is 0.0500. The van der Waals surface area contributed by atoms with Crippen molar-refractivity contribution in [2.24, 2.45) is 4.99 Å². The molecule has 0 radical (unpaired) electrons. The Morgan fingerprint density at radius 2 is 1.34 bits per heavy atom. The zero-order valence-corrected chi connectivity index (χ0v) is 34.7. The number of nitrogens with zero attached hydrogens (tertiary/aromatic N) is 7. The number of hydrogen-bond acceptors (Lipinski definition) is 17. The van der Waals surface area contributed by atoms with Crippen molar-refractivity contribution < 1.29 is 47.1 Å². The normalized spacial score (nSPS) is 12.8. The van der Waals surface area contributed by atoms with Crippen LogP contribution < -0.4 is 11.5 Å². The van der Waals surface area contributed by atoms with Crippen molar-refractivity contribution in [1.29, 1.82) is 0 Å². The average molecular weight is 848 g/mol. The van der Waals surface area contributed by atoms with Crippen molar-refractivity contribution >= 4 is 46.6 Å². The van der Waals surface area contributed by atoms with Crippen molar-refractivity contribution in [1.82, 2.24) is 29.6 Å². The lowest BCUT2D eigenvalue weighted by atomic mass is 9.97. The lowest BCUT2D eigenvalue weighted by Crippen LogP contribution is -2.36. The third-order valence-electron chi connectivity index (χ3n) is 9.66. The molecule has 4 N–H and O–H groups in total. The SMILES string of the molecule is C=NCCOCCOCCOCCOCCOCCOCCOCCOCCC(=O)N1CCc2cc(Cn3nc(-c4ccc5oc(N)nc5c4)c4c(N)ncnc43)ccc2C1. The maximum atomic E-state index is 13.0. The van der Waals surface area contributed by atoms with Gasteiger partial charge in [0.2, 0.25) is 5.91 Å². The molecule has 0 spiro atoms. The summed E-state index contributed by atoms with van der Waals surface area (Å²) in [7, 11) is 0. The first-order valence-corrected chi connectivity index (χ1v) is 20.6. The topological polar surface area (TPSA) is 228 Å². The van der Waals surface area contributed by atoms with E-state index in [1.165, 1.54) is 11.9 Å². The Morgan fingerprint density at radius 1 is 0.738 bits per heavy atom. The second-order valence-corrected chi connectivity index (χ2v) is 14.0. The molecule has 4 heterocycles. The Kier molecular flexibility index (Phi) is 18.6. The predicted molar refractivity (Wildman–Crippen MR) is 227 cm³/mol. The van der Waals surface area contributed by atoms with E-state index in [-0.39, 0.29) is 11.9 Å². The fourth-order valence-electron chi connectivity index (χ4n) is 6.61. The number of aromatic nitrogens is 5. The summed E-state index contributed by atoms with van der Waals surface area (Å²) >= 11 is 0. The van der Waals surface area contributed by atoms with Crippen LogP contribution in [0.2, 0.25) is 0 Å². The highest BCUT2D eigenvalue weighted by molar-refractivity contribution is 5.99. The van der Waals surface area contributed by atoms with Crippen molar-refractivity contribution in [2.75, 3.05) is 130 Å². The van der Waals surface area contributed by atoms with Gasteiger partial charge in [-0.15, -0.1) is 0 Å². The number of oxazole rings is 1. The minimum atomic E-state index is 0.0687. The van der Waals surface area contributed by atoms with Gasteiger partial charge in [0.05, 0.1) is 131 Å². The lowest BCUT2D eigenvalue weighted by molar-refractivity contribution is -0.133. The molecule has 0 saturated heterocycles. The zero-order chi connectivity index (χ0) is 42.5. The highest BCUT2D eigenvalue weighted by Crippen LogP contribution is 2.33. The Labute approximate surface area is 354 Å². The molecule has 61 heavy (non-hydrogen) atoms. The Hall–Kier alpha value is -5.12. The van der Waals surface area contributed by atoms with E-state index in [0.717, 1.165) is 23.1 Å². The number of amides is 1. The van der Waals surface area contributed by atoms with Gasteiger partial charge >= 0.3 is 0 Å². The monoisotopic (exact) mass is 847 g/mol. The number of anilines is 2. The summed E-state index contributed by atoms with van der Waals surface area (Å²) in [4.78, 5) is 31.6. The molecule has 6 rings (SSSR count). The van der Waals surface area contributed by atoms with Crippen LogP contribution in [0.1, 0.15) is 23.1 Å². The summed E-state index contributed by atoms with van der Waals surface area (Å²) in [6, 6.07) is 12.0. The van der Waals surface area contributed by atoms with Gasteiger partial charge in [0, 0.05) is 18.7 Å². The molecule has 0 bridgehead atoms. The first-order valence-electron chi connectivity index (χ1n) is 20.6. The number of nitrogen functional groups attached to an aromatic ring is 2. The van der Waals surface area contributed by atoms with Gasteiger partial charge < -0.3 is 58.7 Å². The van der Waals surface area contributed by atoms with Crippen LogP contribution in [0.3, 0.4) is 0 Å². The van der Waals surface area contributed by atoms with E-state index in [1.54, 1.807) is 0 Å². The number of aliphatic imine (C=N–C) groups is 1. The second kappa shape index (κ2) is 25.0. The van der Waals surface area contributed by atoms with Crippen LogP contribution in [0.15, 0.2) is 52.1 Å². The van der Waals surface area contributed by atoms with Crippen LogP contribution in [-0.2, 0) is 62.2 Å². The molecule has 19 heteroatoms. The van der Waals surface area contributed by atoms with Gasteiger partial charge in [-0.1, -0.05) is 18.2 Å². The Morgan fingerprint density at radius 3 is 1.97 bits per heavy atom.